The number of aromatic amines is 1. The lowest BCUT2D eigenvalue weighted by atomic mass is 10.0. The Kier molecular flexibility index (Phi) is 4.75. The molecular weight excluding hydrogens is 425 g/mol. The molecule has 166 valence electrons. The molecule has 4 heterocycles. The van der Waals surface area contributed by atoms with Gasteiger partial charge in [-0.2, -0.15) is 18.3 Å². The van der Waals surface area contributed by atoms with Crippen molar-refractivity contribution in [3.63, 3.8) is 0 Å². The van der Waals surface area contributed by atoms with Crippen LogP contribution in [-0.2, 0) is 6.18 Å². The van der Waals surface area contributed by atoms with Gasteiger partial charge in [0.1, 0.15) is 17.0 Å². The molecule has 1 aliphatic heterocycles. The Morgan fingerprint density at radius 2 is 2.06 bits per heavy atom. The average Bonchev–Trinajstić information content (AvgIpc) is 3.51. The van der Waals surface area contributed by atoms with E-state index in [9.17, 15) is 18.0 Å². The van der Waals surface area contributed by atoms with E-state index in [0.29, 0.717) is 30.1 Å². The van der Waals surface area contributed by atoms with Crippen molar-refractivity contribution in [1.82, 2.24) is 30.1 Å². The Bertz CT molecular complexity index is 1290. The molecule has 1 fully saturated rings. The zero-order valence-corrected chi connectivity index (χ0v) is 17.1. The number of H-pyrrole nitrogens is 1. The van der Waals surface area contributed by atoms with Gasteiger partial charge in [-0.1, -0.05) is 5.21 Å². The van der Waals surface area contributed by atoms with E-state index < -0.39 is 11.7 Å². The van der Waals surface area contributed by atoms with Gasteiger partial charge in [0, 0.05) is 19.2 Å². The Morgan fingerprint density at radius 3 is 2.81 bits per heavy atom. The summed E-state index contributed by atoms with van der Waals surface area (Å²) in [7, 11) is 0. The van der Waals surface area contributed by atoms with Crippen LogP contribution in [0.5, 0.6) is 0 Å². The van der Waals surface area contributed by atoms with Gasteiger partial charge >= 0.3 is 6.18 Å². The van der Waals surface area contributed by atoms with Crippen LogP contribution in [0, 0.1) is 6.92 Å². The molecule has 0 radical (unpaired) electrons. The van der Waals surface area contributed by atoms with E-state index in [1.54, 1.807) is 21.7 Å². The number of halogens is 3. The van der Waals surface area contributed by atoms with Gasteiger partial charge in [0.15, 0.2) is 11.5 Å². The second-order valence-electron chi connectivity index (χ2n) is 7.86. The second-order valence-corrected chi connectivity index (χ2v) is 7.86. The normalized spacial score (nSPS) is 17.2. The molecule has 1 aliphatic rings. The second kappa shape index (κ2) is 7.50. The van der Waals surface area contributed by atoms with Crippen molar-refractivity contribution in [2.45, 2.75) is 32.0 Å². The van der Waals surface area contributed by atoms with Crippen LogP contribution in [0.3, 0.4) is 0 Å². The molecule has 1 unspecified atom stereocenters. The molecular formula is C21H19F3N6O2. The predicted molar refractivity (Wildman–Crippen MR) is 108 cm³/mol. The van der Waals surface area contributed by atoms with E-state index in [2.05, 4.69) is 20.5 Å². The first-order valence-corrected chi connectivity index (χ1v) is 10.1. The Balaban J connectivity index is 1.36. The summed E-state index contributed by atoms with van der Waals surface area (Å²) >= 11 is 0. The summed E-state index contributed by atoms with van der Waals surface area (Å²) < 4.78 is 46.1. The molecule has 0 bridgehead atoms. The minimum atomic E-state index is -4.44. The molecule has 5 rings (SSSR count). The number of carbonyl (C=O) groups excluding carboxylic acids is 1. The van der Waals surface area contributed by atoms with E-state index in [1.165, 1.54) is 6.07 Å². The quantitative estimate of drug-likeness (QED) is 0.511. The predicted octanol–water partition coefficient (Wildman–Crippen LogP) is 4.22. The summed E-state index contributed by atoms with van der Waals surface area (Å²) in [5.74, 6) is 1.12. The van der Waals surface area contributed by atoms with E-state index in [4.69, 9.17) is 4.42 Å². The molecule has 11 heteroatoms. The van der Waals surface area contributed by atoms with E-state index in [-0.39, 0.29) is 23.2 Å². The number of hydrogen-bond donors (Lipinski definition) is 1. The molecule has 0 aliphatic carbocycles. The molecule has 0 saturated carbocycles. The monoisotopic (exact) mass is 444 g/mol. The third-order valence-corrected chi connectivity index (χ3v) is 5.63. The van der Waals surface area contributed by atoms with Gasteiger partial charge in [0.05, 0.1) is 17.1 Å². The molecule has 8 nitrogen and oxygen atoms in total. The molecule has 32 heavy (non-hydrogen) atoms. The molecule has 3 aromatic heterocycles. The van der Waals surface area contributed by atoms with Crippen LogP contribution in [-0.4, -0.2) is 49.1 Å². The molecule has 1 atom stereocenters. The Labute approximate surface area is 180 Å². The summed E-state index contributed by atoms with van der Waals surface area (Å²) in [6.45, 7) is 2.75. The number of benzene rings is 1. The van der Waals surface area contributed by atoms with Gasteiger partial charge in [-0.25, -0.2) is 4.68 Å². The number of piperidine rings is 1. The minimum Gasteiger partial charge on any atom is -0.460 e. The lowest BCUT2D eigenvalue weighted by molar-refractivity contribution is -0.137. The van der Waals surface area contributed by atoms with Gasteiger partial charge < -0.3 is 9.32 Å². The third kappa shape index (κ3) is 3.63. The highest BCUT2D eigenvalue weighted by atomic mass is 19.4. The standard InChI is InChI=1S/C21H19F3N6O2/c1-12-4-7-19(32-12)16-10-17(26-25-16)20(31)29-8-2-3-14(11-29)30-18-6-5-13(21(22,23)24)9-15(18)27-28-30/h4-7,9-10,14H,2-3,8,11H2,1H3,(H,25,26). The summed E-state index contributed by atoms with van der Waals surface area (Å²) in [5.41, 5.74) is 0.797. The number of nitrogens with one attached hydrogen (secondary N) is 1. The Hall–Kier alpha value is -3.63. The fraction of sp³-hybridized carbons (Fsp3) is 0.333. The maximum absolute atomic E-state index is 13.0. The third-order valence-electron chi connectivity index (χ3n) is 5.63. The molecule has 1 saturated heterocycles. The number of aryl methyl sites for hydroxylation is 1. The minimum absolute atomic E-state index is 0.175. The first kappa shape index (κ1) is 20.3. The number of alkyl halides is 3. The molecule has 1 amide bonds. The first-order valence-electron chi connectivity index (χ1n) is 10.1. The highest BCUT2D eigenvalue weighted by molar-refractivity contribution is 5.93. The van der Waals surface area contributed by atoms with Crippen LogP contribution in [0.4, 0.5) is 13.2 Å². The van der Waals surface area contributed by atoms with Crippen LogP contribution in [0.25, 0.3) is 22.5 Å². The van der Waals surface area contributed by atoms with Crippen molar-refractivity contribution in [3.8, 4) is 11.5 Å². The number of likely N-dealkylation sites (tertiary alicyclic amines) is 1. The van der Waals surface area contributed by atoms with Gasteiger partial charge in [0.2, 0.25) is 0 Å². The van der Waals surface area contributed by atoms with Crippen LogP contribution >= 0.6 is 0 Å². The molecule has 4 aromatic rings. The lowest BCUT2D eigenvalue weighted by Gasteiger charge is -2.32. The average molecular weight is 444 g/mol. The number of nitrogens with zero attached hydrogens (tertiary/aromatic N) is 5. The van der Waals surface area contributed by atoms with Crippen molar-refractivity contribution in [2.75, 3.05) is 13.1 Å². The first-order chi connectivity index (χ1) is 15.3. The highest BCUT2D eigenvalue weighted by Crippen LogP contribution is 2.32. The number of amides is 1. The number of hydrogen-bond acceptors (Lipinski definition) is 5. The lowest BCUT2D eigenvalue weighted by Crippen LogP contribution is -2.41. The van der Waals surface area contributed by atoms with Crippen molar-refractivity contribution in [1.29, 1.82) is 0 Å². The number of carbonyl (C=O) groups is 1. The van der Waals surface area contributed by atoms with Gasteiger partial charge in [0.25, 0.3) is 5.91 Å². The molecule has 1 aromatic carbocycles. The largest absolute Gasteiger partial charge is 0.460 e. The van der Waals surface area contributed by atoms with Crippen molar-refractivity contribution >= 4 is 16.9 Å². The van der Waals surface area contributed by atoms with Gasteiger partial charge in [-0.3, -0.25) is 9.89 Å². The van der Waals surface area contributed by atoms with Crippen molar-refractivity contribution in [3.05, 3.63) is 53.4 Å². The van der Waals surface area contributed by atoms with E-state index >= 15 is 0 Å². The smallest absolute Gasteiger partial charge is 0.416 e. The van der Waals surface area contributed by atoms with Gasteiger partial charge in [-0.05, 0) is 50.1 Å². The van der Waals surface area contributed by atoms with Crippen molar-refractivity contribution in [2.24, 2.45) is 0 Å². The maximum atomic E-state index is 13.0. The zero-order chi connectivity index (χ0) is 22.5. The summed E-state index contributed by atoms with van der Waals surface area (Å²) in [4.78, 5) is 14.7. The van der Waals surface area contributed by atoms with Crippen LogP contribution < -0.4 is 0 Å². The topological polar surface area (TPSA) is 92.8 Å². The van der Waals surface area contributed by atoms with E-state index in [1.807, 2.05) is 13.0 Å². The fourth-order valence-corrected chi connectivity index (χ4v) is 4.03. The van der Waals surface area contributed by atoms with Gasteiger partial charge in [-0.15, -0.1) is 5.10 Å². The number of fused-ring (bicyclic) bond motifs is 1. The Morgan fingerprint density at radius 1 is 1.22 bits per heavy atom. The van der Waals surface area contributed by atoms with E-state index in [0.717, 1.165) is 30.7 Å². The van der Waals surface area contributed by atoms with Crippen LogP contribution in [0.1, 0.15) is 40.7 Å². The van der Waals surface area contributed by atoms with Crippen LogP contribution in [0.15, 0.2) is 40.8 Å². The molecule has 0 spiro atoms. The van der Waals surface area contributed by atoms with Crippen LogP contribution in [0.2, 0.25) is 0 Å². The summed E-state index contributed by atoms with van der Waals surface area (Å²) in [5, 5.41) is 15.0. The van der Waals surface area contributed by atoms with Crippen molar-refractivity contribution < 1.29 is 22.4 Å². The molecule has 1 N–H and O–H groups in total. The number of aromatic nitrogens is 5. The fourth-order valence-electron chi connectivity index (χ4n) is 4.03. The SMILES string of the molecule is Cc1ccc(-c2cc(C(=O)N3CCCC(n4nnc5cc(C(F)(F)F)ccc54)C3)n[nH]2)o1. The maximum Gasteiger partial charge on any atom is 0.416 e. The zero-order valence-electron chi connectivity index (χ0n) is 17.1. The number of furan rings is 1. The summed E-state index contributed by atoms with van der Waals surface area (Å²) in [6.07, 6.45) is -2.98. The summed E-state index contributed by atoms with van der Waals surface area (Å²) in [6, 6.07) is 8.47. The number of rotatable bonds is 3. The highest BCUT2D eigenvalue weighted by Gasteiger charge is 2.32.